The van der Waals surface area contributed by atoms with E-state index in [1.807, 2.05) is 0 Å². The molecule has 0 saturated carbocycles. The summed E-state index contributed by atoms with van der Waals surface area (Å²) in [4.78, 5) is 55.1. The lowest BCUT2D eigenvalue weighted by Crippen LogP contribution is -2.49. The van der Waals surface area contributed by atoms with Gasteiger partial charge >= 0.3 is 17.9 Å². The van der Waals surface area contributed by atoms with E-state index in [4.69, 9.17) is 15.3 Å². The van der Waals surface area contributed by atoms with Crippen molar-refractivity contribution in [2.24, 2.45) is 0 Å². The fourth-order valence-electron chi connectivity index (χ4n) is 1.55. The number of aliphatic carboxylic acids is 3. The standard InChI is InChI=1S/C12H19N3O8S/c16-8(2-1-6(12(22)23)13-3-9(17)18)15-7(5-24)11(21)14-4-10(19)20/h6-7,13,24H,1-5H2,(H,14,21)(H,15,16)(H,17,18)(H,19,20)(H,22,23)/t6-,7-/m0/s1. The van der Waals surface area contributed by atoms with E-state index >= 15 is 0 Å². The second-order valence-corrected chi connectivity index (χ2v) is 4.98. The number of carbonyl (C=O) groups excluding carboxylic acids is 2. The normalized spacial score (nSPS) is 12.7. The molecule has 24 heavy (non-hydrogen) atoms. The maximum atomic E-state index is 11.7. The van der Waals surface area contributed by atoms with Crippen molar-refractivity contribution in [2.45, 2.75) is 24.9 Å². The first-order valence-corrected chi connectivity index (χ1v) is 7.38. The first-order valence-electron chi connectivity index (χ1n) is 6.75. The van der Waals surface area contributed by atoms with Crippen LogP contribution in [0.2, 0.25) is 0 Å². The lowest BCUT2D eigenvalue weighted by molar-refractivity contribution is -0.141. The monoisotopic (exact) mass is 365 g/mol. The maximum absolute atomic E-state index is 11.7. The Bertz CT molecular complexity index is 499. The van der Waals surface area contributed by atoms with Crippen LogP contribution in [0.25, 0.3) is 0 Å². The van der Waals surface area contributed by atoms with Gasteiger partial charge in [-0.25, -0.2) is 0 Å². The van der Waals surface area contributed by atoms with Gasteiger partial charge < -0.3 is 26.0 Å². The number of thiol groups is 1. The van der Waals surface area contributed by atoms with Crippen molar-refractivity contribution in [3.63, 3.8) is 0 Å². The third-order valence-electron chi connectivity index (χ3n) is 2.71. The Balaban J connectivity index is 4.41. The smallest absolute Gasteiger partial charge is 0.322 e. The zero-order valence-corrected chi connectivity index (χ0v) is 13.4. The molecule has 0 unspecified atom stereocenters. The molecule has 2 amide bonds. The number of carboxylic acids is 3. The molecule has 12 heteroatoms. The van der Waals surface area contributed by atoms with Gasteiger partial charge in [0.1, 0.15) is 18.6 Å². The van der Waals surface area contributed by atoms with E-state index in [0.717, 1.165) is 0 Å². The van der Waals surface area contributed by atoms with E-state index in [2.05, 4.69) is 28.6 Å². The Morgan fingerprint density at radius 2 is 1.50 bits per heavy atom. The summed E-state index contributed by atoms with van der Waals surface area (Å²) in [6.07, 6.45) is -0.468. The number of rotatable bonds is 12. The van der Waals surface area contributed by atoms with E-state index in [1.54, 1.807) is 0 Å². The van der Waals surface area contributed by atoms with Gasteiger partial charge in [0.2, 0.25) is 11.8 Å². The Morgan fingerprint density at radius 3 is 1.96 bits per heavy atom. The predicted octanol–water partition coefficient (Wildman–Crippen LogP) is -2.49. The Labute approximate surface area is 142 Å². The highest BCUT2D eigenvalue weighted by molar-refractivity contribution is 7.80. The van der Waals surface area contributed by atoms with Crippen LogP contribution in [0, 0.1) is 0 Å². The zero-order chi connectivity index (χ0) is 18.7. The molecule has 0 aromatic rings. The number of hydrogen-bond donors (Lipinski definition) is 7. The van der Waals surface area contributed by atoms with E-state index < -0.39 is 54.9 Å². The van der Waals surface area contributed by atoms with Crippen LogP contribution in [0.1, 0.15) is 12.8 Å². The van der Waals surface area contributed by atoms with Gasteiger partial charge in [0.05, 0.1) is 6.54 Å². The molecule has 0 rings (SSSR count). The van der Waals surface area contributed by atoms with Crippen molar-refractivity contribution in [2.75, 3.05) is 18.8 Å². The van der Waals surface area contributed by atoms with Gasteiger partial charge in [-0.3, -0.25) is 29.3 Å². The molecule has 0 bridgehead atoms. The quantitative estimate of drug-likeness (QED) is 0.184. The van der Waals surface area contributed by atoms with Gasteiger partial charge in [-0.05, 0) is 6.42 Å². The molecule has 136 valence electrons. The lowest BCUT2D eigenvalue weighted by atomic mass is 10.1. The molecule has 0 aliphatic rings. The second-order valence-electron chi connectivity index (χ2n) is 4.62. The highest BCUT2D eigenvalue weighted by Gasteiger charge is 2.22. The van der Waals surface area contributed by atoms with E-state index in [9.17, 15) is 24.0 Å². The van der Waals surface area contributed by atoms with Crippen LogP contribution in [0.5, 0.6) is 0 Å². The minimum Gasteiger partial charge on any atom is -0.480 e. The summed E-state index contributed by atoms with van der Waals surface area (Å²) < 4.78 is 0. The Morgan fingerprint density at radius 1 is 0.917 bits per heavy atom. The van der Waals surface area contributed by atoms with Crippen LogP contribution in [-0.2, 0) is 24.0 Å². The van der Waals surface area contributed by atoms with Crippen molar-refractivity contribution in [1.29, 1.82) is 0 Å². The number of carboxylic acid groups (broad SMARTS) is 3. The van der Waals surface area contributed by atoms with Crippen LogP contribution in [0.4, 0.5) is 0 Å². The highest BCUT2D eigenvalue weighted by atomic mass is 32.1. The largest absolute Gasteiger partial charge is 0.480 e. The molecule has 0 saturated heterocycles. The van der Waals surface area contributed by atoms with Gasteiger partial charge in [-0.2, -0.15) is 12.6 Å². The first-order chi connectivity index (χ1) is 11.2. The topological polar surface area (TPSA) is 182 Å². The van der Waals surface area contributed by atoms with E-state index in [1.165, 1.54) is 0 Å². The summed E-state index contributed by atoms with van der Waals surface area (Å²) >= 11 is 3.88. The van der Waals surface area contributed by atoms with E-state index in [0.29, 0.717) is 0 Å². The summed E-state index contributed by atoms with van der Waals surface area (Å²) in [5.41, 5.74) is 0. The van der Waals surface area contributed by atoms with Crippen LogP contribution in [0.15, 0.2) is 0 Å². The summed E-state index contributed by atoms with van der Waals surface area (Å²) in [7, 11) is 0. The van der Waals surface area contributed by atoms with Gasteiger partial charge in [0, 0.05) is 12.2 Å². The third kappa shape index (κ3) is 9.63. The number of amides is 2. The van der Waals surface area contributed by atoms with Crippen LogP contribution >= 0.6 is 12.6 Å². The van der Waals surface area contributed by atoms with Crippen molar-refractivity contribution in [1.82, 2.24) is 16.0 Å². The predicted molar refractivity (Wildman–Crippen MR) is 82.7 cm³/mol. The fraction of sp³-hybridized carbons (Fsp3) is 0.583. The summed E-state index contributed by atoms with van der Waals surface area (Å²) in [5, 5.41) is 32.5. The summed E-state index contributed by atoms with van der Waals surface area (Å²) in [6.45, 7) is -1.19. The van der Waals surface area contributed by atoms with Crippen LogP contribution < -0.4 is 16.0 Å². The summed E-state index contributed by atoms with van der Waals surface area (Å²) in [6, 6.07) is -2.31. The molecule has 11 nitrogen and oxygen atoms in total. The zero-order valence-electron chi connectivity index (χ0n) is 12.5. The van der Waals surface area contributed by atoms with Crippen LogP contribution in [-0.4, -0.2) is 76.0 Å². The van der Waals surface area contributed by atoms with Crippen molar-refractivity contribution in [3.8, 4) is 0 Å². The lowest BCUT2D eigenvalue weighted by Gasteiger charge is -2.17. The minimum absolute atomic E-state index is 0.0865. The molecule has 0 heterocycles. The second kappa shape index (κ2) is 11.2. The van der Waals surface area contributed by atoms with Crippen molar-refractivity contribution < 1.29 is 39.3 Å². The molecule has 0 aliphatic carbocycles. The number of hydrogen-bond acceptors (Lipinski definition) is 7. The highest BCUT2D eigenvalue weighted by Crippen LogP contribution is 1.99. The first kappa shape index (κ1) is 21.7. The Kier molecular flexibility index (Phi) is 10.1. The average molecular weight is 365 g/mol. The molecule has 0 spiro atoms. The molecular weight excluding hydrogens is 346 g/mol. The van der Waals surface area contributed by atoms with Gasteiger partial charge in [0.25, 0.3) is 0 Å². The van der Waals surface area contributed by atoms with Crippen molar-refractivity contribution in [3.05, 3.63) is 0 Å². The SMILES string of the molecule is O=C(O)CNC(=O)[C@H](CS)NC(=O)CC[C@H](NCC(=O)O)C(=O)O. The molecule has 0 fully saturated rings. The van der Waals surface area contributed by atoms with Crippen molar-refractivity contribution >= 4 is 42.4 Å². The average Bonchev–Trinajstić information content (AvgIpc) is 2.49. The molecule has 6 N–H and O–H groups in total. The molecular formula is C12H19N3O8S. The Hall–Kier alpha value is -2.34. The molecule has 0 aromatic heterocycles. The molecule has 0 radical (unpaired) electrons. The summed E-state index contributed by atoms with van der Waals surface area (Å²) in [5.74, 6) is -5.27. The van der Waals surface area contributed by atoms with E-state index in [-0.39, 0.29) is 18.6 Å². The minimum atomic E-state index is -1.31. The fourth-order valence-corrected chi connectivity index (χ4v) is 1.80. The van der Waals surface area contributed by atoms with Gasteiger partial charge in [0.15, 0.2) is 0 Å². The van der Waals surface area contributed by atoms with Gasteiger partial charge in [-0.15, -0.1) is 0 Å². The molecule has 2 atom stereocenters. The number of nitrogens with one attached hydrogen (secondary N) is 3. The third-order valence-corrected chi connectivity index (χ3v) is 3.07. The maximum Gasteiger partial charge on any atom is 0.322 e. The van der Waals surface area contributed by atoms with Crippen LogP contribution in [0.3, 0.4) is 0 Å². The number of carbonyl (C=O) groups is 5. The van der Waals surface area contributed by atoms with Gasteiger partial charge in [-0.1, -0.05) is 0 Å². The molecule has 0 aliphatic heterocycles. The molecule has 0 aromatic carbocycles.